The lowest BCUT2D eigenvalue weighted by Gasteiger charge is -2.29. The second-order valence-electron chi connectivity index (χ2n) is 5.26. The topological polar surface area (TPSA) is 66.3 Å². The molecular formula is C15H17N3O2S. The summed E-state index contributed by atoms with van der Waals surface area (Å²) in [4.78, 5) is 22.0. The van der Waals surface area contributed by atoms with Crippen molar-refractivity contribution < 1.29 is 9.90 Å². The van der Waals surface area contributed by atoms with E-state index in [1.54, 1.807) is 17.5 Å². The molecule has 0 unspecified atom stereocenters. The summed E-state index contributed by atoms with van der Waals surface area (Å²) in [5, 5.41) is 12.1. The van der Waals surface area contributed by atoms with Gasteiger partial charge in [-0.05, 0) is 38.1 Å². The van der Waals surface area contributed by atoms with Crippen LogP contribution in [0.5, 0.6) is 0 Å². The number of hydrogen-bond donors (Lipinski definition) is 1. The van der Waals surface area contributed by atoms with Crippen LogP contribution in [0.4, 0.5) is 0 Å². The van der Waals surface area contributed by atoms with Gasteiger partial charge >= 0.3 is 5.97 Å². The molecule has 1 saturated heterocycles. The summed E-state index contributed by atoms with van der Waals surface area (Å²) < 4.78 is 0. The van der Waals surface area contributed by atoms with Crippen molar-refractivity contribution in [3.8, 4) is 11.3 Å². The van der Waals surface area contributed by atoms with E-state index in [-0.39, 0.29) is 5.92 Å². The number of carboxylic acid groups (broad SMARTS) is 1. The van der Waals surface area contributed by atoms with Crippen molar-refractivity contribution in [2.45, 2.75) is 19.4 Å². The van der Waals surface area contributed by atoms with Gasteiger partial charge in [-0.25, -0.2) is 4.98 Å². The molecule has 0 bridgehead atoms. The molecule has 0 atom stereocenters. The van der Waals surface area contributed by atoms with E-state index >= 15 is 0 Å². The van der Waals surface area contributed by atoms with Gasteiger partial charge in [0, 0.05) is 23.3 Å². The smallest absolute Gasteiger partial charge is 0.306 e. The van der Waals surface area contributed by atoms with Crippen LogP contribution < -0.4 is 0 Å². The number of pyridine rings is 1. The Morgan fingerprint density at radius 2 is 2.24 bits per heavy atom. The maximum absolute atomic E-state index is 10.9. The quantitative estimate of drug-likeness (QED) is 0.940. The van der Waals surface area contributed by atoms with Crippen LogP contribution in [0.1, 0.15) is 17.8 Å². The molecule has 21 heavy (non-hydrogen) atoms. The number of aliphatic carboxylic acids is 1. The summed E-state index contributed by atoms with van der Waals surface area (Å²) in [5.41, 5.74) is 1.99. The van der Waals surface area contributed by atoms with Gasteiger partial charge in [-0.15, -0.1) is 11.3 Å². The fourth-order valence-electron chi connectivity index (χ4n) is 2.56. The number of carboxylic acids is 1. The molecule has 0 amide bonds. The van der Waals surface area contributed by atoms with Crippen molar-refractivity contribution in [3.63, 3.8) is 0 Å². The Bertz CT molecular complexity index is 606. The van der Waals surface area contributed by atoms with E-state index in [0.29, 0.717) is 0 Å². The van der Waals surface area contributed by atoms with E-state index < -0.39 is 5.97 Å². The monoisotopic (exact) mass is 303 g/mol. The minimum Gasteiger partial charge on any atom is -0.481 e. The summed E-state index contributed by atoms with van der Waals surface area (Å²) in [5.74, 6) is -0.841. The molecule has 2 aromatic heterocycles. The number of piperidine rings is 1. The Kier molecular flexibility index (Phi) is 4.26. The molecule has 1 aliphatic heterocycles. The summed E-state index contributed by atoms with van der Waals surface area (Å²) in [6.07, 6.45) is 5.03. The zero-order valence-electron chi connectivity index (χ0n) is 11.6. The van der Waals surface area contributed by atoms with Crippen molar-refractivity contribution in [2.75, 3.05) is 13.1 Å². The van der Waals surface area contributed by atoms with Crippen LogP contribution in [0.15, 0.2) is 29.9 Å². The van der Waals surface area contributed by atoms with Crippen molar-refractivity contribution in [1.29, 1.82) is 0 Å². The number of likely N-dealkylation sites (tertiary alicyclic amines) is 1. The van der Waals surface area contributed by atoms with Gasteiger partial charge in [0.2, 0.25) is 0 Å². The van der Waals surface area contributed by atoms with Crippen LogP contribution in [0.2, 0.25) is 0 Å². The van der Waals surface area contributed by atoms with E-state index in [2.05, 4.69) is 20.2 Å². The molecule has 0 radical (unpaired) electrons. The fourth-order valence-corrected chi connectivity index (χ4v) is 3.40. The lowest BCUT2D eigenvalue weighted by Crippen LogP contribution is -2.35. The van der Waals surface area contributed by atoms with Gasteiger partial charge in [-0.1, -0.05) is 0 Å². The molecule has 1 fully saturated rings. The number of aromatic nitrogens is 2. The Morgan fingerprint density at radius 1 is 1.43 bits per heavy atom. The zero-order chi connectivity index (χ0) is 14.7. The van der Waals surface area contributed by atoms with Crippen LogP contribution in [-0.2, 0) is 11.3 Å². The van der Waals surface area contributed by atoms with E-state index in [1.807, 2.05) is 18.3 Å². The molecule has 0 aromatic carbocycles. The van der Waals surface area contributed by atoms with Gasteiger partial charge in [0.05, 0.1) is 18.2 Å². The lowest BCUT2D eigenvalue weighted by atomic mass is 9.97. The number of carbonyl (C=O) groups is 1. The second-order valence-corrected chi connectivity index (χ2v) is 6.20. The fraction of sp³-hybridized carbons (Fsp3) is 0.400. The maximum atomic E-state index is 10.9. The molecule has 1 N–H and O–H groups in total. The first-order chi connectivity index (χ1) is 10.2. The highest BCUT2D eigenvalue weighted by Crippen LogP contribution is 2.24. The van der Waals surface area contributed by atoms with E-state index in [1.165, 1.54) is 0 Å². The molecule has 3 rings (SSSR count). The zero-order valence-corrected chi connectivity index (χ0v) is 12.4. The number of rotatable bonds is 4. The molecule has 0 saturated carbocycles. The van der Waals surface area contributed by atoms with Crippen molar-refractivity contribution in [3.05, 3.63) is 34.9 Å². The third-order valence-electron chi connectivity index (χ3n) is 3.80. The SMILES string of the molecule is O=C(O)C1CCN(Cc2nc(-c3cccnc3)cs2)CC1. The maximum Gasteiger partial charge on any atom is 0.306 e. The molecule has 0 aliphatic carbocycles. The Morgan fingerprint density at radius 3 is 2.90 bits per heavy atom. The van der Waals surface area contributed by atoms with E-state index in [0.717, 1.165) is 48.7 Å². The molecule has 0 spiro atoms. The highest BCUT2D eigenvalue weighted by Gasteiger charge is 2.24. The molecular weight excluding hydrogens is 286 g/mol. The number of thiazole rings is 1. The largest absolute Gasteiger partial charge is 0.481 e. The minimum atomic E-state index is -0.664. The third kappa shape index (κ3) is 3.46. The van der Waals surface area contributed by atoms with Crippen molar-refractivity contribution in [1.82, 2.24) is 14.9 Å². The molecule has 6 heteroatoms. The van der Waals surface area contributed by atoms with Gasteiger partial charge in [0.15, 0.2) is 0 Å². The van der Waals surface area contributed by atoms with Crippen LogP contribution in [0, 0.1) is 5.92 Å². The predicted octanol–water partition coefficient (Wildman–Crippen LogP) is 2.50. The van der Waals surface area contributed by atoms with Gasteiger partial charge in [0.1, 0.15) is 5.01 Å². The number of nitrogens with zero attached hydrogens (tertiary/aromatic N) is 3. The van der Waals surface area contributed by atoms with Gasteiger partial charge in [-0.2, -0.15) is 0 Å². The van der Waals surface area contributed by atoms with Crippen LogP contribution >= 0.6 is 11.3 Å². The van der Waals surface area contributed by atoms with Gasteiger partial charge in [0.25, 0.3) is 0 Å². The van der Waals surface area contributed by atoms with Crippen molar-refractivity contribution >= 4 is 17.3 Å². The minimum absolute atomic E-state index is 0.177. The first-order valence-corrected chi connectivity index (χ1v) is 7.90. The normalized spacial score (nSPS) is 17.0. The summed E-state index contributed by atoms with van der Waals surface area (Å²) in [6.45, 7) is 2.47. The first-order valence-electron chi connectivity index (χ1n) is 7.02. The van der Waals surface area contributed by atoms with Crippen molar-refractivity contribution in [2.24, 2.45) is 5.92 Å². The van der Waals surface area contributed by atoms with Crippen LogP contribution in [0.3, 0.4) is 0 Å². The third-order valence-corrected chi connectivity index (χ3v) is 4.64. The summed E-state index contributed by atoms with van der Waals surface area (Å²) >= 11 is 1.65. The summed E-state index contributed by atoms with van der Waals surface area (Å²) in [6, 6.07) is 3.91. The lowest BCUT2D eigenvalue weighted by molar-refractivity contribution is -0.143. The number of hydrogen-bond acceptors (Lipinski definition) is 5. The molecule has 110 valence electrons. The van der Waals surface area contributed by atoms with Crippen LogP contribution in [-0.4, -0.2) is 39.0 Å². The molecule has 2 aromatic rings. The molecule has 1 aliphatic rings. The second kappa shape index (κ2) is 6.32. The average Bonchev–Trinajstić information content (AvgIpc) is 2.97. The predicted molar refractivity (Wildman–Crippen MR) is 81.0 cm³/mol. The summed E-state index contributed by atoms with van der Waals surface area (Å²) in [7, 11) is 0. The average molecular weight is 303 g/mol. The van der Waals surface area contributed by atoms with E-state index in [4.69, 9.17) is 5.11 Å². The van der Waals surface area contributed by atoms with Crippen LogP contribution in [0.25, 0.3) is 11.3 Å². The van der Waals surface area contributed by atoms with Gasteiger partial charge in [-0.3, -0.25) is 14.7 Å². The standard InChI is InChI=1S/C15H17N3O2S/c19-15(20)11-3-6-18(7-4-11)9-14-17-13(10-21-14)12-2-1-5-16-8-12/h1-2,5,8,10-11H,3-4,6-7,9H2,(H,19,20). The Labute approximate surface area is 127 Å². The highest BCUT2D eigenvalue weighted by molar-refractivity contribution is 7.09. The first kappa shape index (κ1) is 14.2. The molecule has 5 nitrogen and oxygen atoms in total. The Hall–Kier alpha value is -1.79. The van der Waals surface area contributed by atoms with E-state index in [9.17, 15) is 4.79 Å². The molecule has 3 heterocycles. The van der Waals surface area contributed by atoms with Gasteiger partial charge < -0.3 is 5.11 Å². The Balaban J connectivity index is 1.60. The highest BCUT2D eigenvalue weighted by atomic mass is 32.1.